The van der Waals surface area contributed by atoms with Crippen LogP contribution in [0.5, 0.6) is 0 Å². The third-order valence-electron chi connectivity index (χ3n) is 4.17. The van der Waals surface area contributed by atoms with Crippen molar-refractivity contribution in [1.29, 1.82) is 0 Å². The first-order valence-corrected chi connectivity index (χ1v) is 8.05. The highest BCUT2D eigenvalue weighted by Crippen LogP contribution is 2.23. The van der Waals surface area contributed by atoms with Crippen LogP contribution in [0.3, 0.4) is 0 Å². The van der Waals surface area contributed by atoms with E-state index in [1.54, 1.807) is 29.4 Å². The maximum atomic E-state index is 12.6. The van der Waals surface area contributed by atoms with Gasteiger partial charge in [-0.3, -0.25) is 0 Å². The third kappa shape index (κ3) is 3.80. The van der Waals surface area contributed by atoms with Gasteiger partial charge in [0.05, 0.1) is 37.8 Å². The van der Waals surface area contributed by atoms with Crippen LogP contribution < -0.4 is 5.32 Å². The number of carbonyl (C=O) groups is 1. The Morgan fingerprint density at radius 2 is 2.04 bits per heavy atom. The van der Waals surface area contributed by atoms with Gasteiger partial charge in [0.2, 0.25) is 0 Å². The fourth-order valence-electron chi connectivity index (χ4n) is 2.85. The van der Waals surface area contributed by atoms with Gasteiger partial charge in [0, 0.05) is 13.0 Å². The van der Waals surface area contributed by atoms with Crippen molar-refractivity contribution in [3.63, 3.8) is 0 Å². The number of hydrogen-bond acceptors (Lipinski definition) is 5. The molecule has 0 spiro atoms. The van der Waals surface area contributed by atoms with Crippen molar-refractivity contribution in [1.82, 2.24) is 10.2 Å². The molecule has 1 fully saturated rings. The van der Waals surface area contributed by atoms with Crippen molar-refractivity contribution in [3.05, 3.63) is 48.3 Å². The summed E-state index contributed by atoms with van der Waals surface area (Å²) >= 11 is 0. The largest absolute Gasteiger partial charge is 0.467 e. The maximum Gasteiger partial charge on any atom is 0.318 e. The molecular weight excluding hydrogens is 312 g/mol. The third-order valence-corrected chi connectivity index (χ3v) is 4.17. The monoisotopic (exact) mass is 334 g/mol. The second-order valence-corrected chi connectivity index (χ2v) is 5.88. The zero-order valence-corrected chi connectivity index (χ0v) is 13.6. The predicted octanol–water partition coefficient (Wildman–Crippen LogP) is 2.47. The quantitative estimate of drug-likeness (QED) is 0.877. The molecular formula is C17H22N2O5. The zero-order valence-electron chi connectivity index (χ0n) is 13.6. The van der Waals surface area contributed by atoms with Crippen molar-refractivity contribution in [2.75, 3.05) is 19.8 Å². The van der Waals surface area contributed by atoms with Crippen molar-refractivity contribution in [3.8, 4) is 0 Å². The lowest BCUT2D eigenvalue weighted by molar-refractivity contribution is -0.0102. The molecule has 1 aliphatic rings. The van der Waals surface area contributed by atoms with Gasteiger partial charge in [0.1, 0.15) is 17.6 Å². The molecule has 24 heavy (non-hydrogen) atoms. The van der Waals surface area contributed by atoms with Crippen LogP contribution in [0.2, 0.25) is 0 Å². The van der Waals surface area contributed by atoms with Crippen molar-refractivity contribution >= 4 is 6.03 Å². The second-order valence-electron chi connectivity index (χ2n) is 5.88. The first-order chi connectivity index (χ1) is 11.6. The van der Waals surface area contributed by atoms with Gasteiger partial charge in [-0.1, -0.05) is 0 Å². The van der Waals surface area contributed by atoms with Crippen molar-refractivity contribution in [2.24, 2.45) is 0 Å². The minimum Gasteiger partial charge on any atom is -0.467 e. The normalized spacial score (nSPS) is 20.6. The first kappa shape index (κ1) is 16.6. The van der Waals surface area contributed by atoms with Gasteiger partial charge in [-0.25, -0.2) is 4.79 Å². The minimum absolute atomic E-state index is 0.196. The Bertz CT molecular complexity index is 625. The number of aliphatic hydroxyl groups excluding tert-OH is 1. The molecule has 0 aromatic carbocycles. The molecule has 7 nitrogen and oxygen atoms in total. The van der Waals surface area contributed by atoms with Crippen LogP contribution >= 0.6 is 0 Å². The smallest absolute Gasteiger partial charge is 0.318 e. The molecule has 0 aliphatic carbocycles. The Kier molecular flexibility index (Phi) is 5.22. The lowest BCUT2D eigenvalue weighted by atomic mass is 10.1. The Morgan fingerprint density at radius 3 is 2.71 bits per heavy atom. The molecule has 130 valence electrons. The topological polar surface area (TPSA) is 88.1 Å². The first-order valence-electron chi connectivity index (χ1n) is 8.05. The van der Waals surface area contributed by atoms with E-state index in [-0.39, 0.29) is 18.1 Å². The van der Waals surface area contributed by atoms with Gasteiger partial charge in [-0.15, -0.1) is 0 Å². The summed E-state index contributed by atoms with van der Waals surface area (Å²) in [7, 11) is 0. The average molecular weight is 334 g/mol. The number of amides is 2. The van der Waals surface area contributed by atoms with Gasteiger partial charge in [0.15, 0.2) is 0 Å². The van der Waals surface area contributed by atoms with E-state index in [2.05, 4.69) is 5.32 Å². The van der Waals surface area contributed by atoms with Gasteiger partial charge >= 0.3 is 6.03 Å². The van der Waals surface area contributed by atoms with Gasteiger partial charge in [-0.05, 0) is 31.2 Å². The zero-order chi connectivity index (χ0) is 16.9. The summed E-state index contributed by atoms with van der Waals surface area (Å²) in [4.78, 5) is 14.3. The molecule has 7 heteroatoms. The number of hydrogen-bond donors (Lipinski definition) is 2. The van der Waals surface area contributed by atoms with Crippen LogP contribution in [0.15, 0.2) is 45.6 Å². The van der Waals surface area contributed by atoms with Crippen LogP contribution in [0.25, 0.3) is 0 Å². The molecule has 0 bridgehead atoms. The fourth-order valence-corrected chi connectivity index (χ4v) is 2.85. The number of morpholine rings is 1. The second kappa shape index (κ2) is 7.55. The fraction of sp³-hybridized carbons (Fsp3) is 0.471. The molecule has 3 unspecified atom stereocenters. The number of aliphatic hydroxyl groups is 1. The predicted molar refractivity (Wildman–Crippen MR) is 85.3 cm³/mol. The number of carbonyl (C=O) groups excluding carboxylic acids is 1. The molecule has 2 aromatic rings. The standard InChI is InChI=1S/C17H22N2O5/c1-12(15-4-2-7-23-15)18-17(21)19-6-9-22-11-13(19)10-14(20)16-5-3-8-24-16/h2-5,7-8,12-14,20H,6,9-11H2,1H3,(H,18,21). The number of urea groups is 1. The van der Waals surface area contributed by atoms with E-state index in [0.717, 1.165) is 0 Å². The highest BCUT2D eigenvalue weighted by Gasteiger charge is 2.31. The molecule has 1 saturated heterocycles. The SMILES string of the molecule is CC(NC(=O)N1CCOCC1CC(O)c1ccco1)c1ccco1. The van der Waals surface area contributed by atoms with Crippen LogP contribution in [0, 0.1) is 0 Å². The molecule has 2 N–H and O–H groups in total. The highest BCUT2D eigenvalue weighted by molar-refractivity contribution is 5.75. The lowest BCUT2D eigenvalue weighted by Gasteiger charge is -2.36. The average Bonchev–Trinajstić information content (AvgIpc) is 3.28. The molecule has 3 rings (SSSR count). The molecule has 0 saturated carbocycles. The number of ether oxygens (including phenoxy) is 1. The number of furan rings is 2. The van der Waals surface area contributed by atoms with E-state index in [0.29, 0.717) is 37.7 Å². The Hall–Kier alpha value is -2.25. The number of nitrogens with zero attached hydrogens (tertiary/aromatic N) is 1. The molecule has 3 heterocycles. The van der Waals surface area contributed by atoms with Crippen molar-refractivity contribution < 1.29 is 23.5 Å². The highest BCUT2D eigenvalue weighted by atomic mass is 16.5. The van der Waals surface area contributed by atoms with Gasteiger partial charge in [0.25, 0.3) is 0 Å². The summed E-state index contributed by atoms with van der Waals surface area (Å²) < 4.78 is 16.0. The molecule has 2 aromatic heterocycles. The van der Waals surface area contributed by atoms with Gasteiger partial charge in [-0.2, -0.15) is 0 Å². The number of nitrogens with one attached hydrogen (secondary N) is 1. The summed E-state index contributed by atoms with van der Waals surface area (Å²) in [5, 5.41) is 13.2. The van der Waals surface area contributed by atoms with E-state index in [9.17, 15) is 9.90 Å². The Morgan fingerprint density at radius 1 is 1.33 bits per heavy atom. The Balaban J connectivity index is 1.62. The summed E-state index contributed by atoms with van der Waals surface area (Å²) in [6, 6.07) is 6.41. The summed E-state index contributed by atoms with van der Waals surface area (Å²) in [6.07, 6.45) is 2.68. The molecule has 3 atom stereocenters. The van der Waals surface area contributed by atoms with Gasteiger partial charge < -0.3 is 28.9 Å². The van der Waals surface area contributed by atoms with Crippen LogP contribution in [0.1, 0.15) is 37.0 Å². The van der Waals surface area contributed by atoms with E-state index < -0.39 is 6.10 Å². The van der Waals surface area contributed by atoms with Crippen LogP contribution in [-0.4, -0.2) is 41.8 Å². The van der Waals surface area contributed by atoms with Crippen LogP contribution in [-0.2, 0) is 4.74 Å². The Labute approximate surface area is 140 Å². The van der Waals surface area contributed by atoms with E-state index in [1.807, 2.05) is 13.0 Å². The summed E-state index contributed by atoms with van der Waals surface area (Å²) in [5.41, 5.74) is 0. The van der Waals surface area contributed by atoms with Crippen LogP contribution in [0.4, 0.5) is 4.79 Å². The van der Waals surface area contributed by atoms with E-state index in [1.165, 1.54) is 6.26 Å². The molecule has 0 radical (unpaired) electrons. The van der Waals surface area contributed by atoms with E-state index >= 15 is 0 Å². The molecule has 2 amide bonds. The van der Waals surface area contributed by atoms with Crippen molar-refractivity contribution in [2.45, 2.75) is 31.5 Å². The lowest BCUT2D eigenvalue weighted by Crippen LogP contribution is -2.53. The minimum atomic E-state index is -0.774. The van der Waals surface area contributed by atoms with E-state index in [4.69, 9.17) is 13.6 Å². The summed E-state index contributed by atoms with van der Waals surface area (Å²) in [6.45, 7) is 3.21. The maximum absolute atomic E-state index is 12.6. The molecule has 1 aliphatic heterocycles. The number of rotatable bonds is 5. The summed E-state index contributed by atoms with van der Waals surface area (Å²) in [5.74, 6) is 1.19.